The van der Waals surface area contributed by atoms with Crippen LogP contribution in [0.1, 0.15) is 4.88 Å². The van der Waals surface area contributed by atoms with Crippen molar-refractivity contribution in [3.63, 3.8) is 0 Å². The minimum absolute atomic E-state index is 0.0833. The summed E-state index contributed by atoms with van der Waals surface area (Å²) >= 11 is 1.08. The lowest BCUT2D eigenvalue weighted by Crippen LogP contribution is -2.18. The number of sulfonamides is 1. The fourth-order valence-electron chi connectivity index (χ4n) is 0.718. The molecule has 0 bridgehead atoms. The van der Waals surface area contributed by atoms with Gasteiger partial charge < -0.3 is 5.73 Å². The highest BCUT2D eigenvalue weighted by molar-refractivity contribution is 7.89. The van der Waals surface area contributed by atoms with E-state index in [4.69, 9.17) is 16.3 Å². The summed E-state index contributed by atoms with van der Waals surface area (Å²) in [5.41, 5.74) is 5.13. The number of nitrogens with one attached hydrogen (secondary N) is 1. The molecule has 0 saturated carbocycles. The topological polar surface area (TPSA) is 110 Å². The third-order valence-corrected chi connectivity index (χ3v) is 3.21. The fourth-order valence-corrected chi connectivity index (χ4v) is 2.57. The summed E-state index contributed by atoms with van der Waals surface area (Å²) in [5, 5.41) is 13.4. The minimum atomic E-state index is -3.75. The first-order chi connectivity index (χ1) is 5.43. The van der Waals surface area contributed by atoms with Gasteiger partial charge in [-0.05, 0) is 11.4 Å². The number of thiophene rings is 1. The molecular weight excluding hydrogens is 198 g/mol. The van der Waals surface area contributed by atoms with Gasteiger partial charge in [0.2, 0.25) is 10.0 Å². The van der Waals surface area contributed by atoms with E-state index in [9.17, 15) is 8.42 Å². The van der Waals surface area contributed by atoms with Gasteiger partial charge in [-0.25, -0.2) is 13.6 Å². The van der Waals surface area contributed by atoms with Gasteiger partial charge in [0.05, 0.1) is 4.88 Å². The first kappa shape index (κ1) is 9.17. The van der Waals surface area contributed by atoms with Crippen molar-refractivity contribution < 1.29 is 8.42 Å². The van der Waals surface area contributed by atoms with Gasteiger partial charge in [0.25, 0.3) is 0 Å². The van der Waals surface area contributed by atoms with E-state index in [1.54, 1.807) is 0 Å². The van der Waals surface area contributed by atoms with E-state index in [0.717, 1.165) is 11.3 Å². The SMILES string of the molecule is N=C(N)c1sccc1S(N)(=O)=O. The largest absolute Gasteiger partial charge is 0.383 e. The second-order valence-electron chi connectivity index (χ2n) is 2.07. The lowest BCUT2D eigenvalue weighted by molar-refractivity contribution is 0.598. The predicted molar refractivity (Wildman–Crippen MR) is 46.7 cm³/mol. The van der Waals surface area contributed by atoms with Crippen LogP contribution < -0.4 is 10.9 Å². The van der Waals surface area contributed by atoms with Crippen LogP contribution in [0.25, 0.3) is 0 Å². The van der Waals surface area contributed by atoms with E-state index in [0.29, 0.717) is 0 Å². The van der Waals surface area contributed by atoms with Crippen LogP contribution in [0.2, 0.25) is 0 Å². The molecule has 0 spiro atoms. The Balaban J connectivity index is 3.36. The Morgan fingerprint density at radius 2 is 2.17 bits per heavy atom. The van der Waals surface area contributed by atoms with Crippen LogP contribution in [0.15, 0.2) is 16.3 Å². The van der Waals surface area contributed by atoms with Gasteiger partial charge in [-0.1, -0.05) is 0 Å². The van der Waals surface area contributed by atoms with Crippen molar-refractivity contribution in [1.29, 1.82) is 5.41 Å². The Morgan fingerprint density at radius 1 is 1.58 bits per heavy atom. The molecule has 66 valence electrons. The van der Waals surface area contributed by atoms with E-state index in [1.165, 1.54) is 11.4 Å². The van der Waals surface area contributed by atoms with Crippen molar-refractivity contribution in [2.75, 3.05) is 0 Å². The Morgan fingerprint density at radius 3 is 2.50 bits per heavy atom. The number of amidine groups is 1. The first-order valence-electron chi connectivity index (χ1n) is 2.87. The smallest absolute Gasteiger partial charge is 0.239 e. The third-order valence-electron chi connectivity index (χ3n) is 1.18. The maximum atomic E-state index is 10.9. The molecule has 0 atom stereocenters. The highest BCUT2D eigenvalue weighted by Gasteiger charge is 2.16. The van der Waals surface area contributed by atoms with Crippen LogP contribution in [-0.4, -0.2) is 14.3 Å². The molecule has 0 aliphatic heterocycles. The molecule has 0 saturated heterocycles. The van der Waals surface area contributed by atoms with Crippen LogP contribution in [0.5, 0.6) is 0 Å². The molecule has 1 heterocycles. The minimum Gasteiger partial charge on any atom is -0.383 e. The quantitative estimate of drug-likeness (QED) is 0.454. The normalized spacial score (nSPS) is 11.4. The van der Waals surface area contributed by atoms with Crippen LogP contribution >= 0.6 is 11.3 Å². The lowest BCUT2D eigenvalue weighted by Gasteiger charge is -1.97. The molecule has 0 aromatic carbocycles. The summed E-state index contributed by atoms with van der Waals surface area (Å²) in [7, 11) is -3.75. The molecule has 7 heteroatoms. The molecule has 0 unspecified atom stereocenters. The molecule has 1 rings (SSSR count). The second-order valence-corrected chi connectivity index (χ2v) is 4.52. The number of hydrogen-bond donors (Lipinski definition) is 3. The molecule has 12 heavy (non-hydrogen) atoms. The van der Waals surface area contributed by atoms with Crippen molar-refractivity contribution >= 4 is 27.2 Å². The van der Waals surface area contributed by atoms with E-state index >= 15 is 0 Å². The van der Waals surface area contributed by atoms with E-state index < -0.39 is 10.0 Å². The summed E-state index contributed by atoms with van der Waals surface area (Å²) in [4.78, 5) is 0.109. The standard InChI is InChI=1S/C5H7N3O2S2/c6-5(7)4-3(1-2-11-4)12(8,9)10/h1-2H,(H3,6,7)(H2,8,9,10). The monoisotopic (exact) mass is 205 g/mol. The summed E-state index contributed by atoms with van der Waals surface area (Å²) < 4.78 is 21.7. The number of rotatable bonds is 2. The van der Waals surface area contributed by atoms with E-state index in [1.807, 2.05) is 0 Å². The predicted octanol–water partition coefficient (Wildman–Crippen LogP) is -0.320. The molecular formula is C5H7N3O2S2. The van der Waals surface area contributed by atoms with E-state index in [-0.39, 0.29) is 15.6 Å². The summed E-state index contributed by atoms with van der Waals surface area (Å²) in [6, 6.07) is 1.33. The maximum Gasteiger partial charge on any atom is 0.239 e. The average Bonchev–Trinajstić information content (AvgIpc) is 2.30. The highest BCUT2D eigenvalue weighted by Crippen LogP contribution is 2.19. The van der Waals surface area contributed by atoms with Gasteiger partial charge in [-0.3, -0.25) is 5.41 Å². The molecule has 0 amide bonds. The summed E-state index contributed by atoms with van der Waals surface area (Å²) in [6.45, 7) is 0. The number of primary sulfonamides is 1. The zero-order valence-corrected chi connectivity index (χ0v) is 7.58. The van der Waals surface area contributed by atoms with E-state index in [2.05, 4.69) is 0 Å². The third kappa shape index (κ3) is 1.63. The van der Waals surface area contributed by atoms with Crippen LogP contribution in [-0.2, 0) is 10.0 Å². The Hall–Kier alpha value is -0.920. The molecule has 0 fully saturated rings. The van der Waals surface area contributed by atoms with Gasteiger partial charge in [0, 0.05) is 0 Å². The second kappa shape index (κ2) is 2.85. The molecule has 5 nitrogen and oxygen atoms in total. The van der Waals surface area contributed by atoms with Crippen molar-refractivity contribution in [3.05, 3.63) is 16.3 Å². The van der Waals surface area contributed by atoms with Gasteiger partial charge in [-0.15, -0.1) is 11.3 Å². The Kier molecular flexibility index (Phi) is 2.18. The number of nitrogens with two attached hydrogens (primary N) is 2. The fraction of sp³-hybridized carbons (Fsp3) is 0. The van der Waals surface area contributed by atoms with Gasteiger partial charge in [-0.2, -0.15) is 0 Å². The molecule has 0 aliphatic rings. The van der Waals surface area contributed by atoms with Crippen LogP contribution in [0.3, 0.4) is 0 Å². The Bertz CT molecular complexity index is 406. The zero-order valence-electron chi connectivity index (χ0n) is 5.94. The number of nitrogen functional groups attached to an aromatic ring is 1. The maximum absolute atomic E-state index is 10.9. The Labute approximate surface area is 73.6 Å². The molecule has 1 aromatic heterocycles. The highest BCUT2D eigenvalue weighted by atomic mass is 32.2. The summed E-state index contributed by atoms with van der Waals surface area (Å²) in [5.74, 6) is -0.283. The van der Waals surface area contributed by atoms with Crippen LogP contribution in [0.4, 0.5) is 0 Å². The van der Waals surface area contributed by atoms with Gasteiger partial charge in [0.15, 0.2) is 0 Å². The number of hydrogen-bond acceptors (Lipinski definition) is 4. The van der Waals surface area contributed by atoms with Gasteiger partial charge >= 0.3 is 0 Å². The molecule has 1 aromatic rings. The molecule has 5 N–H and O–H groups in total. The molecule has 0 aliphatic carbocycles. The first-order valence-corrected chi connectivity index (χ1v) is 5.30. The van der Waals surface area contributed by atoms with Crippen LogP contribution in [0, 0.1) is 5.41 Å². The summed E-state index contributed by atoms with van der Waals surface area (Å²) in [6.07, 6.45) is 0. The zero-order chi connectivity index (χ0) is 9.35. The van der Waals surface area contributed by atoms with Crippen molar-refractivity contribution in [2.45, 2.75) is 4.90 Å². The molecule has 0 radical (unpaired) electrons. The van der Waals surface area contributed by atoms with Gasteiger partial charge in [0.1, 0.15) is 10.7 Å². The van der Waals surface area contributed by atoms with Crippen molar-refractivity contribution in [3.8, 4) is 0 Å². The van der Waals surface area contributed by atoms with Crippen molar-refractivity contribution in [2.24, 2.45) is 10.9 Å². The van der Waals surface area contributed by atoms with Crippen molar-refractivity contribution in [1.82, 2.24) is 0 Å². The average molecular weight is 205 g/mol. The lowest BCUT2D eigenvalue weighted by atomic mass is 10.4.